The maximum atomic E-state index is 5.69. The molecule has 3 rings (SSSR count). The number of aromatic nitrogens is 2. The summed E-state index contributed by atoms with van der Waals surface area (Å²) in [6.45, 7) is 5.46. The predicted octanol–water partition coefficient (Wildman–Crippen LogP) is 2.69. The number of nitrogens with one attached hydrogen (secondary N) is 1. The van der Waals surface area contributed by atoms with E-state index < -0.39 is 0 Å². The molecule has 20 heavy (non-hydrogen) atoms. The Hall–Kier alpha value is -1.75. The molecule has 0 unspecified atom stereocenters. The van der Waals surface area contributed by atoms with Gasteiger partial charge in [0, 0.05) is 32.1 Å². The summed E-state index contributed by atoms with van der Waals surface area (Å²) in [5, 5.41) is 0. The van der Waals surface area contributed by atoms with Gasteiger partial charge in [-0.1, -0.05) is 0 Å². The monoisotopic (exact) mass is 276 g/mol. The van der Waals surface area contributed by atoms with Gasteiger partial charge in [-0.2, -0.15) is 0 Å². The van der Waals surface area contributed by atoms with Gasteiger partial charge in [0.05, 0.1) is 29.8 Å². The molecule has 0 bridgehead atoms. The summed E-state index contributed by atoms with van der Waals surface area (Å²) in [5.74, 6) is 2.47. The first kappa shape index (κ1) is 13.2. The number of methoxy groups -OCH3 is 1. The molecule has 0 saturated heterocycles. The molecule has 0 saturated carbocycles. The Labute approximate surface area is 118 Å². The summed E-state index contributed by atoms with van der Waals surface area (Å²) in [6, 6.07) is 3.90. The zero-order chi connectivity index (χ0) is 14.2. The normalized spacial score (nSPS) is 15.3. The van der Waals surface area contributed by atoms with Crippen LogP contribution in [0.2, 0.25) is 0 Å². The van der Waals surface area contributed by atoms with Crippen LogP contribution in [-0.2, 0) is 11.2 Å². The molecule has 0 fully saturated rings. The van der Waals surface area contributed by atoms with Crippen molar-refractivity contribution in [2.24, 2.45) is 0 Å². The Morgan fingerprint density at radius 1 is 1.25 bits per heavy atom. The minimum absolute atomic E-state index is 0.238. The third-order valence-electron chi connectivity index (χ3n) is 3.55. The molecule has 0 spiro atoms. The van der Waals surface area contributed by atoms with E-state index in [0.717, 1.165) is 41.2 Å². The summed E-state index contributed by atoms with van der Waals surface area (Å²) < 4.78 is 16.8. The Morgan fingerprint density at radius 3 is 2.65 bits per heavy atom. The first-order chi connectivity index (χ1) is 9.57. The van der Waals surface area contributed by atoms with E-state index in [9.17, 15) is 0 Å². The van der Waals surface area contributed by atoms with Crippen LogP contribution < -0.4 is 9.47 Å². The molecular weight excluding hydrogens is 256 g/mol. The van der Waals surface area contributed by atoms with E-state index in [1.165, 1.54) is 0 Å². The highest BCUT2D eigenvalue weighted by atomic mass is 16.5. The standard InChI is InChI=1S/C15H20N2O3/c1-15(2,18-3)9-14-16-10-7-12-13(8-11(10)17-14)20-6-4-5-19-12/h7-8H,4-6,9H2,1-3H3,(H,16,17). The number of hydrogen-bond acceptors (Lipinski definition) is 4. The van der Waals surface area contributed by atoms with Gasteiger partial charge in [0.25, 0.3) is 0 Å². The lowest BCUT2D eigenvalue weighted by atomic mass is 10.1. The van der Waals surface area contributed by atoms with Crippen LogP contribution in [0.25, 0.3) is 11.0 Å². The zero-order valence-corrected chi connectivity index (χ0v) is 12.2. The van der Waals surface area contributed by atoms with Crippen LogP contribution >= 0.6 is 0 Å². The highest BCUT2D eigenvalue weighted by Gasteiger charge is 2.20. The highest BCUT2D eigenvalue weighted by molar-refractivity contribution is 5.79. The average molecular weight is 276 g/mol. The van der Waals surface area contributed by atoms with Gasteiger partial charge in [-0.05, 0) is 13.8 Å². The molecule has 0 amide bonds. The van der Waals surface area contributed by atoms with Crippen LogP contribution in [0.15, 0.2) is 12.1 Å². The second-order valence-corrected chi connectivity index (χ2v) is 5.69. The molecule has 1 aliphatic heterocycles. The number of aromatic amines is 1. The lowest BCUT2D eigenvalue weighted by molar-refractivity contribution is 0.0218. The maximum Gasteiger partial charge on any atom is 0.163 e. The van der Waals surface area contributed by atoms with E-state index in [-0.39, 0.29) is 5.60 Å². The molecule has 2 heterocycles. The molecular formula is C15H20N2O3. The van der Waals surface area contributed by atoms with E-state index in [0.29, 0.717) is 13.2 Å². The summed E-state index contributed by atoms with van der Waals surface area (Å²) in [7, 11) is 1.71. The van der Waals surface area contributed by atoms with Crippen LogP contribution in [0.1, 0.15) is 26.1 Å². The minimum atomic E-state index is -0.238. The second kappa shape index (κ2) is 4.98. The fourth-order valence-electron chi connectivity index (χ4n) is 2.28. The predicted molar refractivity (Wildman–Crippen MR) is 76.5 cm³/mol. The van der Waals surface area contributed by atoms with Crippen LogP contribution in [0.4, 0.5) is 0 Å². The third-order valence-corrected chi connectivity index (χ3v) is 3.55. The van der Waals surface area contributed by atoms with Crippen LogP contribution in [0.3, 0.4) is 0 Å². The quantitative estimate of drug-likeness (QED) is 0.936. The lowest BCUT2D eigenvalue weighted by Crippen LogP contribution is -2.26. The maximum absolute atomic E-state index is 5.69. The Bertz CT molecular complexity index is 576. The molecule has 0 aliphatic carbocycles. The molecule has 5 heteroatoms. The molecule has 1 aromatic carbocycles. The van der Waals surface area contributed by atoms with Crippen molar-refractivity contribution >= 4 is 11.0 Å². The van der Waals surface area contributed by atoms with E-state index >= 15 is 0 Å². The Kier molecular flexibility index (Phi) is 3.30. The summed E-state index contributed by atoms with van der Waals surface area (Å²) >= 11 is 0. The second-order valence-electron chi connectivity index (χ2n) is 5.69. The van der Waals surface area contributed by atoms with Gasteiger partial charge >= 0.3 is 0 Å². The number of imidazole rings is 1. The van der Waals surface area contributed by atoms with Gasteiger partial charge in [-0.3, -0.25) is 0 Å². The van der Waals surface area contributed by atoms with Crippen molar-refractivity contribution in [1.82, 2.24) is 9.97 Å². The topological polar surface area (TPSA) is 56.4 Å². The van der Waals surface area contributed by atoms with Crippen molar-refractivity contribution in [3.8, 4) is 11.5 Å². The average Bonchev–Trinajstić information content (AvgIpc) is 2.63. The first-order valence-electron chi connectivity index (χ1n) is 6.91. The number of fused-ring (bicyclic) bond motifs is 2. The van der Waals surface area contributed by atoms with Crippen molar-refractivity contribution < 1.29 is 14.2 Å². The lowest BCUT2D eigenvalue weighted by Gasteiger charge is -2.21. The number of hydrogen-bond donors (Lipinski definition) is 1. The number of H-pyrrole nitrogens is 1. The summed E-state index contributed by atoms with van der Waals surface area (Å²) in [5.41, 5.74) is 1.63. The van der Waals surface area contributed by atoms with Gasteiger partial charge in [-0.25, -0.2) is 4.98 Å². The molecule has 2 aromatic rings. The van der Waals surface area contributed by atoms with Crippen molar-refractivity contribution in [2.75, 3.05) is 20.3 Å². The number of benzene rings is 1. The first-order valence-corrected chi connectivity index (χ1v) is 6.91. The third kappa shape index (κ3) is 2.58. The number of nitrogens with zero attached hydrogens (tertiary/aromatic N) is 1. The van der Waals surface area contributed by atoms with E-state index in [1.807, 2.05) is 26.0 Å². The Morgan fingerprint density at radius 2 is 1.95 bits per heavy atom. The van der Waals surface area contributed by atoms with E-state index in [1.54, 1.807) is 7.11 Å². The SMILES string of the molecule is COC(C)(C)Cc1nc2cc3c(cc2[nH]1)OCCCO3. The molecule has 5 nitrogen and oxygen atoms in total. The van der Waals surface area contributed by atoms with Gasteiger partial charge in [-0.15, -0.1) is 0 Å². The molecule has 1 aliphatic rings. The van der Waals surface area contributed by atoms with Crippen molar-refractivity contribution in [3.63, 3.8) is 0 Å². The largest absolute Gasteiger partial charge is 0.489 e. The minimum Gasteiger partial charge on any atom is -0.489 e. The molecule has 108 valence electrons. The van der Waals surface area contributed by atoms with Crippen LogP contribution in [-0.4, -0.2) is 35.9 Å². The van der Waals surface area contributed by atoms with Crippen LogP contribution in [0.5, 0.6) is 11.5 Å². The van der Waals surface area contributed by atoms with Crippen molar-refractivity contribution in [1.29, 1.82) is 0 Å². The molecule has 1 N–H and O–H groups in total. The van der Waals surface area contributed by atoms with Crippen LogP contribution in [0, 0.1) is 0 Å². The molecule has 0 radical (unpaired) electrons. The summed E-state index contributed by atoms with van der Waals surface area (Å²) in [4.78, 5) is 7.94. The van der Waals surface area contributed by atoms with Gasteiger partial charge in [0.1, 0.15) is 5.82 Å². The van der Waals surface area contributed by atoms with Gasteiger partial charge in [0.15, 0.2) is 11.5 Å². The fraction of sp³-hybridized carbons (Fsp3) is 0.533. The number of rotatable bonds is 3. The smallest absolute Gasteiger partial charge is 0.163 e. The molecule has 0 atom stereocenters. The zero-order valence-electron chi connectivity index (χ0n) is 12.2. The van der Waals surface area contributed by atoms with Crippen molar-refractivity contribution in [2.45, 2.75) is 32.3 Å². The number of ether oxygens (including phenoxy) is 3. The van der Waals surface area contributed by atoms with Gasteiger partial charge in [0.2, 0.25) is 0 Å². The fourth-order valence-corrected chi connectivity index (χ4v) is 2.28. The Balaban J connectivity index is 1.95. The summed E-state index contributed by atoms with van der Waals surface area (Å²) in [6.07, 6.45) is 1.63. The van der Waals surface area contributed by atoms with Crippen molar-refractivity contribution in [3.05, 3.63) is 18.0 Å². The van der Waals surface area contributed by atoms with E-state index in [2.05, 4.69) is 9.97 Å². The highest BCUT2D eigenvalue weighted by Crippen LogP contribution is 2.33. The van der Waals surface area contributed by atoms with E-state index in [4.69, 9.17) is 14.2 Å². The van der Waals surface area contributed by atoms with Gasteiger partial charge < -0.3 is 19.2 Å². The molecule has 1 aromatic heterocycles.